The lowest BCUT2D eigenvalue weighted by molar-refractivity contribution is 0.102. The Morgan fingerprint density at radius 2 is 1.88 bits per heavy atom. The highest BCUT2D eigenvalue weighted by atomic mass is 32.2. The predicted octanol–water partition coefficient (Wildman–Crippen LogP) is 2.28. The number of rotatable bonds is 5. The number of sulfonamides is 1. The van der Waals surface area contributed by atoms with E-state index >= 15 is 0 Å². The summed E-state index contributed by atoms with van der Waals surface area (Å²) in [6.07, 6.45) is 0. The fraction of sp³-hybridized carbons (Fsp3) is 0.188. The van der Waals surface area contributed by atoms with E-state index in [-0.39, 0.29) is 11.7 Å². The largest absolute Gasteiger partial charge is 0.322 e. The fourth-order valence-corrected chi connectivity index (χ4v) is 2.99. The van der Waals surface area contributed by atoms with Gasteiger partial charge < -0.3 is 5.32 Å². The van der Waals surface area contributed by atoms with Crippen LogP contribution in [0.15, 0.2) is 36.4 Å². The van der Waals surface area contributed by atoms with Gasteiger partial charge in [0.05, 0.1) is 11.4 Å². The van der Waals surface area contributed by atoms with Crippen LogP contribution in [-0.4, -0.2) is 35.5 Å². The molecular weight excluding hydrogens is 342 g/mol. The van der Waals surface area contributed by atoms with Crippen molar-refractivity contribution in [1.82, 2.24) is 15.4 Å². The van der Waals surface area contributed by atoms with Gasteiger partial charge in [-0.3, -0.25) is 9.52 Å². The summed E-state index contributed by atoms with van der Waals surface area (Å²) in [7, 11) is -3.34. The van der Waals surface area contributed by atoms with Crippen molar-refractivity contribution in [3.8, 4) is 0 Å². The smallest absolute Gasteiger partial charge is 0.255 e. The second kappa shape index (κ2) is 6.52. The summed E-state index contributed by atoms with van der Waals surface area (Å²) in [6.45, 7) is 3.34. The molecule has 3 rings (SSSR count). The van der Waals surface area contributed by atoms with Crippen molar-refractivity contribution in [1.29, 1.82) is 0 Å². The Labute approximate surface area is 144 Å². The number of H-pyrrole nitrogens is 1. The van der Waals surface area contributed by atoms with Crippen LogP contribution in [0.1, 0.15) is 22.8 Å². The molecule has 0 atom stereocenters. The highest BCUT2D eigenvalue weighted by Gasteiger charge is 2.11. The van der Waals surface area contributed by atoms with Crippen molar-refractivity contribution in [3.05, 3.63) is 47.5 Å². The van der Waals surface area contributed by atoms with Crippen LogP contribution in [0.5, 0.6) is 0 Å². The van der Waals surface area contributed by atoms with Crippen LogP contribution in [-0.2, 0) is 10.0 Å². The molecule has 1 aromatic heterocycles. The average molecular weight is 359 g/mol. The van der Waals surface area contributed by atoms with Gasteiger partial charge in [0.1, 0.15) is 11.0 Å². The standard InChI is InChI=1S/C16H17N5O3S/c1-3-25(23,24)20-13-7-5-12(8-10(13)2)17-16(22)11-4-6-14-15(9-11)19-21-18-14/h4-9,20H,3H2,1-2H3,(H,17,22)(H,18,19,21). The number of nitrogens with one attached hydrogen (secondary N) is 3. The first-order chi connectivity index (χ1) is 11.9. The molecule has 0 saturated carbocycles. The van der Waals surface area contributed by atoms with E-state index in [0.29, 0.717) is 33.5 Å². The molecule has 0 bridgehead atoms. The molecule has 0 aliphatic heterocycles. The normalized spacial score (nSPS) is 11.4. The molecule has 25 heavy (non-hydrogen) atoms. The number of hydrogen-bond donors (Lipinski definition) is 3. The van der Waals surface area contributed by atoms with Crippen molar-refractivity contribution in [3.63, 3.8) is 0 Å². The lowest BCUT2D eigenvalue weighted by Crippen LogP contribution is -2.16. The third-order valence-electron chi connectivity index (χ3n) is 3.71. The molecule has 0 aliphatic rings. The van der Waals surface area contributed by atoms with E-state index < -0.39 is 10.0 Å². The van der Waals surface area contributed by atoms with E-state index in [1.807, 2.05) is 0 Å². The van der Waals surface area contributed by atoms with Gasteiger partial charge >= 0.3 is 0 Å². The molecule has 2 aromatic carbocycles. The first-order valence-corrected chi connectivity index (χ1v) is 9.26. The Hall–Kier alpha value is -2.94. The number of anilines is 2. The van der Waals surface area contributed by atoms with Gasteiger partial charge in [0.2, 0.25) is 10.0 Å². The molecule has 0 unspecified atom stereocenters. The zero-order valence-electron chi connectivity index (χ0n) is 13.7. The van der Waals surface area contributed by atoms with E-state index in [1.165, 1.54) is 0 Å². The number of nitrogens with zero attached hydrogens (tertiary/aromatic N) is 2. The summed E-state index contributed by atoms with van der Waals surface area (Å²) in [5.74, 6) is -0.290. The van der Waals surface area contributed by atoms with Crippen molar-refractivity contribution in [2.75, 3.05) is 15.8 Å². The van der Waals surface area contributed by atoms with Gasteiger partial charge in [0.15, 0.2) is 0 Å². The van der Waals surface area contributed by atoms with Crippen LogP contribution in [0.4, 0.5) is 11.4 Å². The number of fused-ring (bicyclic) bond motifs is 1. The predicted molar refractivity (Wildman–Crippen MR) is 96.1 cm³/mol. The topological polar surface area (TPSA) is 117 Å². The first kappa shape index (κ1) is 16.9. The van der Waals surface area contributed by atoms with Crippen LogP contribution in [0, 0.1) is 6.92 Å². The molecule has 8 nitrogen and oxygen atoms in total. The summed E-state index contributed by atoms with van der Waals surface area (Å²) in [5.41, 5.74) is 3.51. The summed E-state index contributed by atoms with van der Waals surface area (Å²) >= 11 is 0. The number of aromatic amines is 1. The van der Waals surface area contributed by atoms with Crippen LogP contribution >= 0.6 is 0 Å². The Bertz CT molecular complexity index is 1040. The van der Waals surface area contributed by atoms with Gasteiger partial charge in [0.25, 0.3) is 5.91 Å². The van der Waals surface area contributed by atoms with Crippen molar-refractivity contribution in [2.24, 2.45) is 0 Å². The average Bonchev–Trinajstić information content (AvgIpc) is 3.05. The molecule has 9 heteroatoms. The fourth-order valence-electron chi connectivity index (χ4n) is 2.28. The molecule has 0 radical (unpaired) electrons. The Kier molecular flexibility index (Phi) is 4.41. The molecule has 1 heterocycles. The number of carbonyl (C=O) groups excluding carboxylic acids is 1. The third-order valence-corrected chi connectivity index (χ3v) is 5.00. The molecule has 1 amide bonds. The van der Waals surface area contributed by atoms with Crippen LogP contribution in [0.3, 0.4) is 0 Å². The SMILES string of the molecule is CCS(=O)(=O)Nc1ccc(NC(=O)c2ccc3n[nH]nc3c2)cc1C. The molecule has 130 valence electrons. The highest BCUT2D eigenvalue weighted by molar-refractivity contribution is 7.92. The minimum absolute atomic E-state index is 0.00451. The lowest BCUT2D eigenvalue weighted by atomic mass is 10.1. The summed E-state index contributed by atoms with van der Waals surface area (Å²) in [5, 5.41) is 13.2. The summed E-state index contributed by atoms with van der Waals surface area (Å²) in [6, 6.07) is 10.00. The van der Waals surface area contributed by atoms with Crippen LogP contribution in [0.2, 0.25) is 0 Å². The number of hydrogen-bond acceptors (Lipinski definition) is 5. The molecule has 3 N–H and O–H groups in total. The monoisotopic (exact) mass is 359 g/mol. The minimum atomic E-state index is -3.34. The van der Waals surface area contributed by atoms with Gasteiger partial charge in [0, 0.05) is 11.3 Å². The zero-order chi connectivity index (χ0) is 18.0. The van der Waals surface area contributed by atoms with Crippen LogP contribution < -0.4 is 10.0 Å². The van der Waals surface area contributed by atoms with Crippen molar-refractivity contribution in [2.45, 2.75) is 13.8 Å². The quantitative estimate of drug-likeness (QED) is 0.646. The maximum atomic E-state index is 12.4. The first-order valence-electron chi connectivity index (χ1n) is 7.61. The van der Waals surface area contributed by atoms with E-state index in [4.69, 9.17) is 0 Å². The number of aromatic nitrogens is 3. The Balaban J connectivity index is 1.78. The highest BCUT2D eigenvalue weighted by Crippen LogP contribution is 2.21. The summed E-state index contributed by atoms with van der Waals surface area (Å²) < 4.78 is 25.8. The van der Waals surface area contributed by atoms with E-state index in [1.54, 1.807) is 50.2 Å². The molecule has 0 saturated heterocycles. The van der Waals surface area contributed by atoms with Gasteiger partial charge in [-0.05, 0) is 55.8 Å². The lowest BCUT2D eigenvalue weighted by Gasteiger charge is -2.11. The Morgan fingerprint density at radius 1 is 1.12 bits per heavy atom. The Morgan fingerprint density at radius 3 is 2.60 bits per heavy atom. The second-order valence-corrected chi connectivity index (χ2v) is 7.53. The van der Waals surface area contributed by atoms with Gasteiger partial charge in [-0.1, -0.05) is 0 Å². The number of amides is 1. The van der Waals surface area contributed by atoms with Gasteiger partial charge in [-0.25, -0.2) is 8.42 Å². The number of benzene rings is 2. The molecule has 0 fully saturated rings. The van der Waals surface area contributed by atoms with E-state index in [0.717, 1.165) is 0 Å². The van der Waals surface area contributed by atoms with E-state index in [2.05, 4.69) is 25.4 Å². The molecule has 0 spiro atoms. The maximum absolute atomic E-state index is 12.4. The third kappa shape index (κ3) is 3.77. The minimum Gasteiger partial charge on any atom is -0.322 e. The van der Waals surface area contributed by atoms with Crippen molar-refractivity contribution >= 4 is 38.3 Å². The molecular formula is C16H17N5O3S. The number of carbonyl (C=O) groups is 1. The summed E-state index contributed by atoms with van der Waals surface area (Å²) in [4.78, 5) is 12.4. The van der Waals surface area contributed by atoms with E-state index in [9.17, 15) is 13.2 Å². The maximum Gasteiger partial charge on any atom is 0.255 e. The van der Waals surface area contributed by atoms with Gasteiger partial charge in [-0.2, -0.15) is 15.4 Å². The van der Waals surface area contributed by atoms with Crippen molar-refractivity contribution < 1.29 is 13.2 Å². The van der Waals surface area contributed by atoms with Crippen LogP contribution in [0.25, 0.3) is 11.0 Å². The second-order valence-electron chi connectivity index (χ2n) is 5.52. The number of aryl methyl sites for hydroxylation is 1. The van der Waals surface area contributed by atoms with Gasteiger partial charge in [-0.15, -0.1) is 0 Å². The molecule has 3 aromatic rings. The molecule has 0 aliphatic carbocycles. The zero-order valence-corrected chi connectivity index (χ0v) is 14.5.